The predicted molar refractivity (Wildman–Crippen MR) is 111 cm³/mol. The first-order valence-electron chi connectivity index (χ1n) is 9.40. The molecule has 0 unspecified atom stereocenters. The van der Waals surface area contributed by atoms with Crippen molar-refractivity contribution >= 4 is 21.6 Å². The van der Waals surface area contributed by atoms with Crippen LogP contribution >= 0.6 is 0 Å². The van der Waals surface area contributed by atoms with E-state index in [9.17, 15) is 13.2 Å². The maximum atomic E-state index is 13.4. The van der Waals surface area contributed by atoms with Gasteiger partial charge in [-0.05, 0) is 50.7 Å². The Balaban J connectivity index is 1.93. The fraction of sp³-hybridized carbons (Fsp3) is 0.381. The number of aryl methyl sites for hydroxylation is 2. The van der Waals surface area contributed by atoms with Gasteiger partial charge in [0.05, 0.1) is 10.6 Å². The summed E-state index contributed by atoms with van der Waals surface area (Å²) >= 11 is 0. The summed E-state index contributed by atoms with van der Waals surface area (Å²) in [5.41, 5.74) is 2.42. The van der Waals surface area contributed by atoms with Crippen molar-refractivity contribution in [1.82, 2.24) is 9.80 Å². The topological polar surface area (TPSA) is 60.9 Å². The fourth-order valence-corrected chi connectivity index (χ4v) is 4.62. The molecule has 2 aromatic carbocycles. The third-order valence-corrected chi connectivity index (χ3v) is 6.82. The van der Waals surface area contributed by atoms with E-state index in [4.69, 9.17) is 0 Å². The molecule has 0 aliphatic carbocycles. The lowest BCUT2D eigenvalue weighted by molar-refractivity contribution is -0.131. The SMILES string of the molecule is Cc1ccc(S(=O)(=O)N(CC(=O)N2CCN(C)CC2)c2cccc(C)c2)cc1. The monoisotopic (exact) mass is 401 g/mol. The minimum atomic E-state index is -3.86. The molecule has 1 fully saturated rings. The van der Waals surface area contributed by atoms with Gasteiger partial charge in [-0.2, -0.15) is 0 Å². The fourth-order valence-electron chi connectivity index (χ4n) is 3.21. The molecular formula is C21H27N3O3S. The first-order valence-corrected chi connectivity index (χ1v) is 10.8. The average Bonchev–Trinajstić information content (AvgIpc) is 2.66. The van der Waals surface area contributed by atoms with E-state index in [1.165, 1.54) is 4.31 Å². The van der Waals surface area contributed by atoms with Gasteiger partial charge in [-0.25, -0.2) is 8.42 Å². The molecule has 0 spiro atoms. The van der Waals surface area contributed by atoms with Gasteiger partial charge in [0.2, 0.25) is 5.91 Å². The number of carbonyl (C=O) groups excluding carboxylic acids is 1. The highest BCUT2D eigenvalue weighted by Crippen LogP contribution is 2.25. The zero-order chi connectivity index (χ0) is 20.3. The van der Waals surface area contributed by atoms with Crippen LogP contribution in [0, 0.1) is 13.8 Å². The first-order chi connectivity index (χ1) is 13.3. The molecule has 0 saturated carbocycles. The summed E-state index contributed by atoms with van der Waals surface area (Å²) in [6.07, 6.45) is 0. The lowest BCUT2D eigenvalue weighted by atomic mass is 10.2. The van der Waals surface area contributed by atoms with Crippen LogP contribution in [0.5, 0.6) is 0 Å². The summed E-state index contributed by atoms with van der Waals surface area (Å²) in [7, 11) is -1.84. The molecule has 3 rings (SSSR count). The zero-order valence-electron chi connectivity index (χ0n) is 16.6. The highest BCUT2D eigenvalue weighted by molar-refractivity contribution is 7.92. The molecule has 2 aromatic rings. The number of piperazine rings is 1. The van der Waals surface area contributed by atoms with Crippen LogP contribution in [-0.4, -0.2) is 63.9 Å². The molecule has 1 amide bonds. The molecule has 1 heterocycles. The van der Waals surface area contributed by atoms with E-state index in [-0.39, 0.29) is 17.3 Å². The highest BCUT2D eigenvalue weighted by atomic mass is 32.2. The van der Waals surface area contributed by atoms with Gasteiger partial charge < -0.3 is 9.80 Å². The maximum absolute atomic E-state index is 13.4. The number of likely N-dealkylation sites (N-methyl/N-ethyl adjacent to an activating group) is 1. The molecule has 1 aliphatic rings. The van der Waals surface area contributed by atoms with Gasteiger partial charge in [0.1, 0.15) is 6.54 Å². The Morgan fingerprint density at radius 1 is 0.964 bits per heavy atom. The lowest BCUT2D eigenvalue weighted by Crippen LogP contribution is -2.50. The van der Waals surface area contributed by atoms with Gasteiger partial charge in [0.25, 0.3) is 10.0 Å². The van der Waals surface area contributed by atoms with E-state index in [0.29, 0.717) is 18.8 Å². The molecule has 1 saturated heterocycles. The van der Waals surface area contributed by atoms with Gasteiger partial charge in [-0.15, -0.1) is 0 Å². The lowest BCUT2D eigenvalue weighted by Gasteiger charge is -2.34. The molecule has 6 nitrogen and oxygen atoms in total. The number of hydrogen-bond donors (Lipinski definition) is 0. The van der Waals surface area contributed by atoms with Crippen LogP contribution in [0.1, 0.15) is 11.1 Å². The summed E-state index contributed by atoms with van der Waals surface area (Å²) in [5, 5.41) is 0. The Bertz CT molecular complexity index is 934. The van der Waals surface area contributed by atoms with E-state index in [2.05, 4.69) is 4.90 Å². The number of amides is 1. The Hall–Kier alpha value is -2.38. The van der Waals surface area contributed by atoms with Crippen molar-refractivity contribution in [2.45, 2.75) is 18.7 Å². The second-order valence-electron chi connectivity index (χ2n) is 7.35. The van der Waals surface area contributed by atoms with Crippen LogP contribution in [0.2, 0.25) is 0 Å². The average molecular weight is 402 g/mol. The minimum Gasteiger partial charge on any atom is -0.339 e. The molecule has 0 bridgehead atoms. The van der Waals surface area contributed by atoms with Crippen LogP contribution in [-0.2, 0) is 14.8 Å². The van der Waals surface area contributed by atoms with Gasteiger partial charge >= 0.3 is 0 Å². The van der Waals surface area contributed by atoms with Gasteiger partial charge in [-0.3, -0.25) is 9.10 Å². The molecule has 7 heteroatoms. The summed E-state index contributed by atoms with van der Waals surface area (Å²) in [6, 6.07) is 14.0. The van der Waals surface area contributed by atoms with E-state index in [0.717, 1.165) is 24.2 Å². The van der Waals surface area contributed by atoms with Crippen LogP contribution in [0.25, 0.3) is 0 Å². The van der Waals surface area contributed by atoms with Crippen molar-refractivity contribution in [2.75, 3.05) is 44.1 Å². The Morgan fingerprint density at radius 2 is 1.61 bits per heavy atom. The number of hydrogen-bond acceptors (Lipinski definition) is 4. The summed E-state index contributed by atoms with van der Waals surface area (Å²) < 4.78 is 28.0. The molecule has 0 radical (unpaired) electrons. The van der Waals surface area contributed by atoms with E-state index in [1.54, 1.807) is 41.3 Å². The van der Waals surface area contributed by atoms with Gasteiger partial charge in [0.15, 0.2) is 0 Å². The number of rotatable bonds is 5. The third-order valence-electron chi connectivity index (χ3n) is 5.03. The molecular weight excluding hydrogens is 374 g/mol. The summed E-state index contributed by atoms with van der Waals surface area (Å²) in [6.45, 7) is 6.42. The summed E-state index contributed by atoms with van der Waals surface area (Å²) in [4.78, 5) is 17.0. The van der Waals surface area contributed by atoms with Crippen LogP contribution in [0.4, 0.5) is 5.69 Å². The standard InChI is InChI=1S/C21H27N3O3S/c1-17-7-9-20(10-8-17)28(26,27)24(19-6-4-5-18(2)15-19)16-21(25)23-13-11-22(3)12-14-23/h4-10,15H,11-14,16H2,1-3H3. The zero-order valence-corrected chi connectivity index (χ0v) is 17.4. The largest absolute Gasteiger partial charge is 0.339 e. The van der Waals surface area contributed by atoms with E-state index < -0.39 is 10.0 Å². The number of anilines is 1. The number of nitrogens with zero attached hydrogens (tertiary/aromatic N) is 3. The van der Waals surface area contributed by atoms with Crippen molar-refractivity contribution in [1.29, 1.82) is 0 Å². The first kappa shape index (κ1) is 20.4. The highest BCUT2D eigenvalue weighted by Gasteiger charge is 2.29. The molecule has 1 aliphatic heterocycles. The summed E-state index contributed by atoms with van der Waals surface area (Å²) in [5.74, 6) is -0.176. The number of sulfonamides is 1. The molecule has 28 heavy (non-hydrogen) atoms. The van der Waals surface area contributed by atoms with Crippen LogP contribution in [0.15, 0.2) is 53.4 Å². The third kappa shape index (κ3) is 4.54. The van der Waals surface area contributed by atoms with Crippen molar-refractivity contribution in [3.63, 3.8) is 0 Å². The second-order valence-corrected chi connectivity index (χ2v) is 9.21. The predicted octanol–water partition coefficient (Wildman–Crippen LogP) is 2.27. The Labute approximate surface area is 167 Å². The number of carbonyl (C=O) groups is 1. The Morgan fingerprint density at radius 3 is 2.21 bits per heavy atom. The molecule has 0 N–H and O–H groups in total. The minimum absolute atomic E-state index is 0.176. The smallest absolute Gasteiger partial charge is 0.264 e. The maximum Gasteiger partial charge on any atom is 0.264 e. The molecule has 0 atom stereocenters. The van der Waals surface area contributed by atoms with Crippen LogP contribution in [0.3, 0.4) is 0 Å². The quantitative estimate of drug-likeness (QED) is 0.771. The van der Waals surface area contributed by atoms with Crippen molar-refractivity contribution < 1.29 is 13.2 Å². The Kier molecular flexibility index (Phi) is 6.05. The molecule has 0 aromatic heterocycles. The van der Waals surface area contributed by atoms with Gasteiger partial charge in [-0.1, -0.05) is 29.8 Å². The van der Waals surface area contributed by atoms with Crippen molar-refractivity contribution in [2.24, 2.45) is 0 Å². The van der Waals surface area contributed by atoms with Gasteiger partial charge in [0, 0.05) is 26.2 Å². The second kappa shape index (κ2) is 8.32. The van der Waals surface area contributed by atoms with Crippen molar-refractivity contribution in [3.05, 3.63) is 59.7 Å². The molecule has 150 valence electrons. The van der Waals surface area contributed by atoms with Crippen molar-refractivity contribution in [3.8, 4) is 0 Å². The van der Waals surface area contributed by atoms with E-state index >= 15 is 0 Å². The number of benzene rings is 2. The van der Waals surface area contributed by atoms with E-state index in [1.807, 2.05) is 33.0 Å². The van der Waals surface area contributed by atoms with Crippen LogP contribution < -0.4 is 4.31 Å². The normalized spacial score (nSPS) is 15.5.